The average Bonchev–Trinajstić information content (AvgIpc) is 3.08. The van der Waals surface area contributed by atoms with Crippen LogP contribution in [0.5, 0.6) is 5.75 Å². The topological polar surface area (TPSA) is 92.6 Å². The first kappa shape index (κ1) is 21.2. The van der Waals surface area contributed by atoms with Crippen LogP contribution in [0.2, 0.25) is 0 Å². The maximum Gasteiger partial charge on any atom is 0.295 e. The first-order valence-corrected chi connectivity index (χ1v) is 10.4. The molecule has 1 N–H and O–H groups in total. The second kappa shape index (κ2) is 9.43. The number of Topliss-reactive ketones (excluding diaryl/α,β-unsaturated/α-hetero) is 1. The molecule has 1 aromatic carbocycles. The second-order valence-electron chi connectivity index (χ2n) is 7.45. The van der Waals surface area contributed by atoms with Crippen molar-refractivity contribution in [1.82, 2.24) is 14.9 Å². The van der Waals surface area contributed by atoms with Crippen LogP contribution in [0, 0.1) is 0 Å². The molecule has 0 aliphatic carbocycles. The van der Waals surface area contributed by atoms with Gasteiger partial charge in [-0.2, -0.15) is 0 Å². The lowest BCUT2D eigenvalue weighted by atomic mass is 9.96. The van der Waals surface area contributed by atoms with E-state index in [0.29, 0.717) is 23.5 Å². The highest BCUT2D eigenvalue weighted by Gasteiger charge is 2.46. The lowest BCUT2D eigenvalue weighted by Gasteiger charge is -2.25. The van der Waals surface area contributed by atoms with Crippen molar-refractivity contribution in [2.24, 2.45) is 0 Å². The molecule has 7 heteroatoms. The van der Waals surface area contributed by atoms with Crippen molar-refractivity contribution >= 4 is 17.4 Å². The Hall–Kier alpha value is -4.00. The third-order valence-corrected chi connectivity index (χ3v) is 5.20. The number of ketones is 1. The Labute approximate surface area is 186 Å². The van der Waals surface area contributed by atoms with Crippen LogP contribution in [0.4, 0.5) is 0 Å². The van der Waals surface area contributed by atoms with Crippen molar-refractivity contribution in [2.75, 3.05) is 6.61 Å². The van der Waals surface area contributed by atoms with Crippen molar-refractivity contribution in [3.8, 4) is 5.75 Å². The van der Waals surface area contributed by atoms with Gasteiger partial charge in [0.15, 0.2) is 0 Å². The molecule has 7 nitrogen and oxygen atoms in total. The molecular formula is C25H23N3O4. The van der Waals surface area contributed by atoms with Gasteiger partial charge in [-0.1, -0.05) is 31.2 Å². The third-order valence-electron chi connectivity index (χ3n) is 5.20. The summed E-state index contributed by atoms with van der Waals surface area (Å²) >= 11 is 0. The number of aliphatic hydroxyl groups is 1. The molecule has 3 heterocycles. The number of likely N-dealkylation sites (tertiary alicyclic amines) is 1. The number of ether oxygens (including phenoxy) is 1. The number of rotatable bonds is 7. The van der Waals surface area contributed by atoms with Gasteiger partial charge in [0.2, 0.25) is 0 Å². The lowest BCUT2D eigenvalue weighted by Crippen LogP contribution is -2.29. The summed E-state index contributed by atoms with van der Waals surface area (Å²) in [5.74, 6) is -1.07. The van der Waals surface area contributed by atoms with E-state index in [1.165, 1.54) is 4.90 Å². The molecule has 1 amide bonds. The van der Waals surface area contributed by atoms with E-state index in [-0.39, 0.29) is 17.9 Å². The molecule has 0 spiro atoms. The van der Waals surface area contributed by atoms with Crippen LogP contribution in [-0.4, -0.2) is 38.3 Å². The average molecular weight is 429 g/mol. The summed E-state index contributed by atoms with van der Waals surface area (Å²) < 4.78 is 5.66. The van der Waals surface area contributed by atoms with E-state index in [0.717, 1.165) is 12.0 Å². The summed E-state index contributed by atoms with van der Waals surface area (Å²) in [6.07, 6.45) is 7.35. The van der Waals surface area contributed by atoms with Gasteiger partial charge in [-0.25, -0.2) is 0 Å². The lowest BCUT2D eigenvalue weighted by molar-refractivity contribution is -0.140. The monoisotopic (exact) mass is 429 g/mol. The number of benzene rings is 1. The van der Waals surface area contributed by atoms with Crippen molar-refractivity contribution in [3.63, 3.8) is 0 Å². The SMILES string of the molecule is CCCOc1cccc(C(O)=C2C(=O)C(=O)N(Cc3cccnc3)[C@H]2c2cccnc2)c1. The van der Waals surface area contributed by atoms with Crippen molar-refractivity contribution in [2.45, 2.75) is 25.9 Å². The molecule has 32 heavy (non-hydrogen) atoms. The Bertz CT molecular complexity index is 1150. The molecule has 4 rings (SSSR count). The Kier molecular flexibility index (Phi) is 6.26. The first-order valence-electron chi connectivity index (χ1n) is 10.4. The van der Waals surface area contributed by atoms with Gasteiger partial charge in [0, 0.05) is 36.9 Å². The van der Waals surface area contributed by atoms with Crippen molar-refractivity contribution in [1.29, 1.82) is 0 Å². The standard InChI is InChI=1S/C25H23N3O4/c1-2-12-32-20-9-3-7-18(13-20)23(29)21-22(19-8-5-11-27-15-19)28(25(31)24(21)30)16-17-6-4-10-26-14-17/h3-11,13-15,22,29H,2,12,16H2,1H3/t22-/m0/s1. The molecule has 1 aliphatic rings. The molecule has 1 saturated heterocycles. The van der Waals surface area contributed by atoms with Gasteiger partial charge in [-0.15, -0.1) is 0 Å². The molecule has 1 fully saturated rings. The maximum atomic E-state index is 13.1. The number of hydrogen-bond acceptors (Lipinski definition) is 6. The summed E-state index contributed by atoms with van der Waals surface area (Å²) in [6.45, 7) is 2.71. The van der Waals surface area contributed by atoms with Crippen LogP contribution in [-0.2, 0) is 16.1 Å². The van der Waals surface area contributed by atoms with Gasteiger partial charge < -0.3 is 14.7 Å². The zero-order chi connectivity index (χ0) is 22.5. The van der Waals surface area contributed by atoms with Crippen LogP contribution < -0.4 is 4.74 Å². The fourth-order valence-electron chi connectivity index (χ4n) is 3.72. The molecule has 0 unspecified atom stereocenters. The largest absolute Gasteiger partial charge is 0.507 e. The number of hydrogen-bond donors (Lipinski definition) is 1. The van der Waals surface area contributed by atoms with Crippen LogP contribution in [0.3, 0.4) is 0 Å². The number of carbonyl (C=O) groups is 2. The molecule has 1 atom stereocenters. The molecule has 1 aliphatic heterocycles. The zero-order valence-electron chi connectivity index (χ0n) is 17.6. The number of carbonyl (C=O) groups excluding carboxylic acids is 2. The predicted octanol–water partition coefficient (Wildman–Crippen LogP) is 3.89. The molecule has 3 aromatic rings. The van der Waals surface area contributed by atoms with Gasteiger partial charge in [-0.3, -0.25) is 19.6 Å². The Morgan fingerprint density at radius 1 is 1.06 bits per heavy atom. The normalized spacial score (nSPS) is 17.5. The number of aromatic nitrogens is 2. The van der Waals surface area contributed by atoms with Gasteiger partial charge in [-0.05, 0) is 41.8 Å². The fraction of sp³-hybridized carbons (Fsp3) is 0.200. The van der Waals surface area contributed by atoms with E-state index >= 15 is 0 Å². The molecule has 0 radical (unpaired) electrons. The summed E-state index contributed by atoms with van der Waals surface area (Å²) in [7, 11) is 0. The van der Waals surface area contributed by atoms with Crippen molar-refractivity contribution < 1.29 is 19.4 Å². The Morgan fingerprint density at radius 3 is 2.53 bits per heavy atom. The van der Waals surface area contributed by atoms with Crippen LogP contribution in [0.15, 0.2) is 78.9 Å². The summed E-state index contributed by atoms with van der Waals surface area (Å²) in [4.78, 5) is 35.8. The predicted molar refractivity (Wildman–Crippen MR) is 119 cm³/mol. The van der Waals surface area contributed by atoms with E-state index in [9.17, 15) is 14.7 Å². The molecule has 0 saturated carbocycles. The highest BCUT2D eigenvalue weighted by atomic mass is 16.5. The minimum Gasteiger partial charge on any atom is -0.507 e. The molecule has 162 valence electrons. The zero-order valence-corrected chi connectivity index (χ0v) is 17.6. The van der Waals surface area contributed by atoms with Gasteiger partial charge in [0.05, 0.1) is 18.2 Å². The highest BCUT2D eigenvalue weighted by Crippen LogP contribution is 2.40. The summed E-state index contributed by atoms with van der Waals surface area (Å²) in [5.41, 5.74) is 1.85. The Balaban J connectivity index is 1.80. The number of pyridine rings is 2. The van der Waals surface area contributed by atoms with E-state index < -0.39 is 17.7 Å². The minimum atomic E-state index is -0.774. The highest BCUT2D eigenvalue weighted by molar-refractivity contribution is 6.46. The molecular weight excluding hydrogens is 406 g/mol. The van der Waals surface area contributed by atoms with E-state index in [1.807, 2.05) is 13.0 Å². The Morgan fingerprint density at radius 2 is 1.84 bits per heavy atom. The summed E-state index contributed by atoms with van der Waals surface area (Å²) in [6, 6.07) is 13.2. The minimum absolute atomic E-state index is 0.0273. The number of nitrogens with zero attached hydrogens (tertiary/aromatic N) is 3. The van der Waals surface area contributed by atoms with Gasteiger partial charge in [0.1, 0.15) is 11.5 Å². The number of amides is 1. The second-order valence-corrected chi connectivity index (χ2v) is 7.45. The van der Waals surface area contributed by atoms with Crippen LogP contribution >= 0.6 is 0 Å². The molecule has 0 bridgehead atoms. The van der Waals surface area contributed by atoms with E-state index in [1.54, 1.807) is 67.3 Å². The van der Waals surface area contributed by atoms with Crippen LogP contribution in [0.25, 0.3) is 5.76 Å². The third kappa shape index (κ3) is 4.23. The molecule has 2 aromatic heterocycles. The fourth-order valence-corrected chi connectivity index (χ4v) is 3.72. The number of aliphatic hydroxyl groups excluding tert-OH is 1. The van der Waals surface area contributed by atoms with Gasteiger partial charge in [0.25, 0.3) is 11.7 Å². The smallest absolute Gasteiger partial charge is 0.295 e. The van der Waals surface area contributed by atoms with E-state index in [4.69, 9.17) is 4.74 Å². The first-order chi connectivity index (χ1) is 15.6. The summed E-state index contributed by atoms with van der Waals surface area (Å²) in [5, 5.41) is 11.2. The quantitative estimate of drug-likeness (QED) is 0.348. The van der Waals surface area contributed by atoms with E-state index in [2.05, 4.69) is 9.97 Å². The van der Waals surface area contributed by atoms with Crippen LogP contribution in [0.1, 0.15) is 36.1 Å². The van der Waals surface area contributed by atoms with Crippen molar-refractivity contribution in [3.05, 3.63) is 95.6 Å². The maximum absolute atomic E-state index is 13.1. The van der Waals surface area contributed by atoms with Gasteiger partial charge >= 0.3 is 0 Å².